The number of rotatable bonds is 7. The average Bonchev–Trinajstić information content (AvgIpc) is 2.64. The lowest BCUT2D eigenvalue weighted by atomic mass is 10.2. The smallest absolute Gasteiger partial charge is 0.246 e. The first-order chi connectivity index (χ1) is 8.54. The van der Waals surface area contributed by atoms with Crippen molar-refractivity contribution in [2.75, 3.05) is 13.2 Å². The van der Waals surface area contributed by atoms with Crippen molar-refractivity contribution in [1.29, 1.82) is 0 Å². The molecule has 1 aromatic heterocycles. The number of carbonyl (C=O) groups excluding carboxylic acids is 1. The van der Waals surface area contributed by atoms with Crippen molar-refractivity contribution in [3.63, 3.8) is 0 Å². The van der Waals surface area contributed by atoms with Crippen LogP contribution < -0.4 is 5.32 Å². The summed E-state index contributed by atoms with van der Waals surface area (Å²) in [5, 5.41) is 3.94. The molecule has 0 spiro atoms. The molecule has 0 aliphatic rings. The number of carbonyl (C=O) groups is 1. The van der Waals surface area contributed by atoms with Crippen LogP contribution in [0.25, 0.3) is 0 Å². The highest BCUT2D eigenvalue weighted by atomic mass is 32.1. The van der Waals surface area contributed by atoms with Gasteiger partial charge in [-0.05, 0) is 27.2 Å². The summed E-state index contributed by atoms with van der Waals surface area (Å²) in [6.07, 6.45) is 2.07. The first kappa shape index (κ1) is 15.1. The molecule has 1 rings (SSSR count). The molecule has 1 atom stereocenters. The molecule has 102 valence electrons. The fourth-order valence-electron chi connectivity index (χ4n) is 1.71. The molecule has 0 saturated heterocycles. The number of aryl methyl sites for hydroxylation is 2. The second-order valence-electron chi connectivity index (χ2n) is 4.37. The molecule has 0 fully saturated rings. The zero-order valence-electron chi connectivity index (χ0n) is 11.6. The third kappa shape index (κ3) is 4.74. The van der Waals surface area contributed by atoms with Gasteiger partial charge >= 0.3 is 0 Å². The summed E-state index contributed by atoms with van der Waals surface area (Å²) < 4.78 is 5.28. The van der Waals surface area contributed by atoms with Gasteiger partial charge in [-0.3, -0.25) is 4.79 Å². The van der Waals surface area contributed by atoms with Gasteiger partial charge in [0.05, 0.1) is 16.7 Å². The summed E-state index contributed by atoms with van der Waals surface area (Å²) in [6, 6.07) is -0.0581. The van der Waals surface area contributed by atoms with Crippen molar-refractivity contribution >= 4 is 17.2 Å². The minimum absolute atomic E-state index is 0.0581. The van der Waals surface area contributed by atoms with E-state index < -0.39 is 0 Å². The summed E-state index contributed by atoms with van der Waals surface area (Å²) in [7, 11) is 0. The molecule has 0 bridgehead atoms. The Bertz CT molecular complexity index is 390. The van der Waals surface area contributed by atoms with E-state index in [-0.39, 0.29) is 18.6 Å². The second-order valence-corrected chi connectivity index (χ2v) is 5.78. The normalized spacial score (nSPS) is 12.4. The monoisotopic (exact) mass is 270 g/mol. The number of hydrogen-bond donors (Lipinski definition) is 1. The van der Waals surface area contributed by atoms with Crippen molar-refractivity contribution in [1.82, 2.24) is 10.3 Å². The Morgan fingerprint density at radius 3 is 2.78 bits per heavy atom. The predicted octanol–water partition coefficient (Wildman–Crippen LogP) is 2.75. The number of aromatic nitrogens is 1. The number of thiazole rings is 1. The van der Waals surface area contributed by atoms with Crippen LogP contribution in [0.5, 0.6) is 0 Å². The zero-order valence-corrected chi connectivity index (χ0v) is 12.4. The maximum Gasteiger partial charge on any atom is 0.246 e. The fourth-order valence-corrected chi connectivity index (χ4v) is 2.62. The van der Waals surface area contributed by atoms with Gasteiger partial charge in [-0.25, -0.2) is 4.98 Å². The van der Waals surface area contributed by atoms with Gasteiger partial charge < -0.3 is 10.1 Å². The average molecular weight is 270 g/mol. The molecule has 0 unspecified atom stereocenters. The number of unbranched alkanes of at least 4 members (excludes halogenated alkanes) is 1. The Labute approximate surface area is 113 Å². The number of ether oxygens (including phenoxy) is 1. The summed E-state index contributed by atoms with van der Waals surface area (Å²) in [4.78, 5) is 17.2. The first-order valence-corrected chi connectivity index (χ1v) is 7.17. The lowest BCUT2D eigenvalue weighted by Crippen LogP contribution is -2.30. The number of hydrogen-bond acceptors (Lipinski definition) is 4. The second kappa shape index (κ2) is 7.48. The highest BCUT2D eigenvalue weighted by molar-refractivity contribution is 7.11. The van der Waals surface area contributed by atoms with Crippen LogP contribution in [-0.4, -0.2) is 24.1 Å². The van der Waals surface area contributed by atoms with Crippen LogP contribution in [0.3, 0.4) is 0 Å². The van der Waals surface area contributed by atoms with Gasteiger partial charge in [0.15, 0.2) is 0 Å². The third-order valence-corrected chi connectivity index (χ3v) is 3.50. The molecule has 1 heterocycles. The minimum Gasteiger partial charge on any atom is -0.372 e. The van der Waals surface area contributed by atoms with Crippen molar-refractivity contribution in [2.24, 2.45) is 0 Å². The molecule has 4 nitrogen and oxygen atoms in total. The molecule has 18 heavy (non-hydrogen) atoms. The molecule has 0 aromatic carbocycles. The van der Waals surface area contributed by atoms with E-state index in [1.54, 1.807) is 11.3 Å². The van der Waals surface area contributed by atoms with Crippen LogP contribution >= 0.6 is 11.3 Å². The number of amides is 1. The summed E-state index contributed by atoms with van der Waals surface area (Å²) >= 11 is 1.66. The first-order valence-electron chi connectivity index (χ1n) is 6.35. The van der Waals surface area contributed by atoms with Gasteiger partial charge in [-0.2, -0.15) is 0 Å². The van der Waals surface area contributed by atoms with Crippen LogP contribution in [0.4, 0.5) is 0 Å². The van der Waals surface area contributed by atoms with Crippen molar-refractivity contribution in [3.8, 4) is 0 Å². The Balaban J connectivity index is 2.37. The highest BCUT2D eigenvalue weighted by Gasteiger charge is 2.15. The van der Waals surface area contributed by atoms with Gasteiger partial charge in [0.2, 0.25) is 5.91 Å². The Morgan fingerprint density at radius 1 is 1.50 bits per heavy atom. The van der Waals surface area contributed by atoms with E-state index in [9.17, 15) is 4.79 Å². The summed E-state index contributed by atoms with van der Waals surface area (Å²) in [5.41, 5.74) is 0.958. The topological polar surface area (TPSA) is 51.2 Å². The van der Waals surface area contributed by atoms with E-state index in [1.165, 1.54) is 0 Å². The molecule has 1 amide bonds. The maximum absolute atomic E-state index is 11.6. The molecule has 0 aliphatic heterocycles. The quantitative estimate of drug-likeness (QED) is 0.775. The van der Waals surface area contributed by atoms with Crippen LogP contribution in [0, 0.1) is 13.8 Å². The lowest BCUT2D eigenvalue weighted by Gasteiger charge is -2.12. The standard InChI is InChI=1S/C13H22N2O2S/c1-5-6-7-17-8-12(16)14-9(2)13-10(3)18-11(4)15-13/h9H,5-8H2,1-4H3,(H,14,16)/t9-/m0/s1. The SMILES string of the molecule is CCCCOCC(=O)N[C@@H](C)c1nc(C)sc1C. The van der Waals surface area contributed by atoms with Crippen LogP contribution in [-0.2, 0) is 9.53 Å². The van der Waals surface area contributed by atoms with Gasteiger partial charge in [0.25, 0.3) is 0 Å². The molecule has 0 aliphatic carbocycles. The van der Waals surface area contributed by atoms with Gasteiger partial charge in [-0.15, -0.1) is 11.3 Å². The van der Waals surface area contributed by atoms with Crippen molar-refractivity contribution in [2.45, 2.75) is 46.6 Å². The van der Waals surface area contributed by atoms with Crippen LogP contribution in [0.15, 0.2) is 0 Å². The minimum atomic E-state index is -0.0799. The van der Waals surface area contributed by atoms with Crippen molar-refractivity contribution in [3.05, 3.63) is 15.6 Å². The summed E-state index contributed by atoms with van der Waals surface area (Å²) in [5.74, 6) is -0.0799. The van der Waals surface area contributed by atoms with E-state index in [0.29, 0.717) is 6.61 Å². The summed E-state index contributed by atoms with van der Waals surface area (Å²) in [6.45, 7) is 8.83. The largest absolute Gasteiger partial charge is 0.372 e. The maximum atomic E-state index is 11.6. The van der Waals surface area contributed by atoms with Crippen molar-refractivity contribution < 1.29 is 9.53 Å². The van der Waals surface area contributed by atoms with E-state index in [0.717, 1.165) is 28.4 Å². The third-order valence-electron chi connectivity index (χ3n) is 2.60. The van der Waals surface area contributed by atoms with E-state index in [2.05, 4.69) is 17.2 Å². The molecular weight excluding hydrogens is 248 g/mol. The Morgan fingerprint density at radius 2 is 2.22 bits per heavy atom. The molecule has 5 heteroatoms. The molecule has 1 N–H and O–H groups in total. The van der Waals surface area contributed by atoms with Gasteiger partial charge in [0, 0.05) is 11.5 Å². The molecule has 0 radical (unpaired) electrons. The molecule has 0 saturated carbocycles. The van der Waals surface area contributed by atoms with Gasteiger partial charge in [0.1, 0.15) is 6.61 Å². The van der Waals surface area contributed by atoms with E-state index in [1.807, 2.05) is 20.8 Å². The molecular formula is C13H22N2O2S. The van der Waals surface area contributed by atoms with E-state index in [4.69, 9.17) is 4.74 Å². The van der Waals surface area contributed by atoms with Crippen LogP contribution in [0.1, 0.15) is 48.3 Å². The van der Waals surface area contributed by atoms with Gasteiger partial charge in [-0.1, -0.05) is 13.3 Å². The Hall–Kier alpha value is -0.940. The van der Waals surface area contributed by atoms with E-state index >= 15 is 0 Å². The Kier molecular flexibility index (Phi) is 6.29. The highest BCUT2D eigenvalue weighted by Crippen LogP contribution is 2.22. The molecule has 1 aromatic rings. The fraction of sp³-hybridized carbons (Fsp3) is 0.692. The zero-order chi connectivity index (χ0) is 13.5. The number of nitrogens with one attached hydrogen (secondary N) is 1. The van der Waals surface area contributed by atoms with Crippen LogP contribution in [0.2, 0.25) is 0 Å². The predicted molar refractivity (Wildman–Crippen MR) is 73.9 cm³/mol. The lowest BCUT2D eigenvalue weighted by molar-refractivity contribution is -0.126. The number of nitrogens with zero attached hydrogens (tertiary/aromatic N) is 1.